The Morgan fingerprint density at radius 1 is 1.15 bits per heavy atom. The van der Waals surface area contributed by atoms with Crippen molar-refractivity contribution in [3.05, 3.63) is 73.7 Å². The number of benzene rings is 2. The lowest BCUT2D eigenvalue weighted by molar-refractivity contribution is -0.153. The second-order valence-electron chi connectivity index (χ2n) is 8.21. The van der Waals surface area contributed by atoms with Crippen molar-refractivity contribution in [3.8, 4) is 10.6 Å². The molecule has 0 saturated carbocycles. The molecule has 2 aromatic carbocycles. The van der Waals surface area contributed by atoms with Gasteiger partial charge in [-0.3, -0.25) is 4.79 Å². The third-order valence-electron chi connectivity index (χ3n) is 5.16. The van der Waals surface area contributed by atoms with E-state index in [1.54, 1.807) is 32.0 Å². The number of rotatable bonds is 9. The van der Waals surface area contributed by atoms with E-state index >= 15 is 0 Å². The van der Waals surface area contributed by atoms with Crippen LogP contribution in [-0.4, -0.2) is 34.2 Å². The molecule has 0 bridgehead atoms. The molecule has 1 amide bonds. The molecule has 0 aliphatic heterocycles. The molecule has 1 aromatic heterocycles. The third kappa shape index (κ3) is 6.57. The fraction of sp³-hybridized carbons (Fsp3) is 0.320. The van der Waals surface area contributed by atoms with Crippen molar-refractivity contribution in [2.24, 2.45) is 0 Å². The molecular formula is C25H26Cl2N2O4S. The van der Waals surface area contributed by atoms with Crippen molar-refractivity contribution in [2.75, 3.05) is 0 Å². The molecule has 0 aliphatic carbocycles. The largest absolute Gasteiger partial charge is 0.479 e. The van der Waals surface area contributed by atoms with E-state index in [9.17, 15) is 14.7 Å². The van der Waals surface area contributed by atoms with Gasteiger partial charge in [-0.15, -0.1) is 11.3 Å². The molecule has 0 aliphatic rings. The van der Waals surface area contributed by atoms with E-state index in [1.807, 2.05) is 32.0 Å². The van der Waals surface area contributed by atoms with Crippen molar-refractivity contribution >= 4 is 46.4 Å². The van der Waals surface area contributed by atoms with E-state index < -0.39 is 12.1 Å². The van der Waals surface area contributed by atoms with Gasteiger partial charge >= 0.3 is 5.97 Å². The van der Waals surface area contributed by atoms with Gasteiger partial charge in [0.1, 0.15) is 10.7 Å². The summed E-state index contributed by atoms with van der Waals surface area (Å²) in [6.45, 7) is 7.68. The number of carbonyl (C=O) groups excluding carboxylic acids is 1. The number of nitrogens with one attached hydrogen (secondary N) is 1. The first-order valence-electron chi connectivity index (χ1n) is 10.7. The van der Waals surface area contributed by atoms with Gasteiger partial charge in [0, 0.05) is 28.4 Å². The number of hydrogen-bond donors (Lipinski definition) is 2. The SMILES string of the molecule is Cc1ccc(CC(OC(C)C)C(=O)O)cc1CNC(=O)c1nc(-c2ccc(Cl)cc2Cl)sc1C. The molecular weight excluding hydrogens is 495 g/mol. The van der Waals surface area contributed by atoms with Gasteiger partial charge in [0.2, 0.25) is 0 Å². The smallest absolute Gasteiger partial charge is 0.333 e. The molecule has 3 rings (SSSR count). The van der Waals surface area contributed by atoms with Crippen LogP contribution in [0.5, 0.6) is 0 Å². The summed E-state index contributed by atoms with van der Waals surface area (Å²) in [7, 11) is 0. The molecule has 0 saturated heterocycles. The highest BCUT2D eigenvalue weighted by atomic mass is 35.5. The number of thiazole rings is 1. The Bertz CT molecular complexity index is 1210. The van der Waals surface area contributed by atoms with E-state index in [0.29, 0.717) is 20.7 Å². The normalized spacial score (nSPS) is 12.1. The Morgan fingerprint density at radius 2 is 1.88 bits per heavy atom. The Morgan fingerprint density at radius 3 is 2.53 bits per heavy atom. The number of aryl methyl sites for hydroxylation is 2. The number of halogens is 2. The van der Waals surface area contributed by atoms with Gasteiger partial charge in [0.05, 0.1) is 11.1 Å². The third-order valence-corrected chi connectivity index (χ3v) is 6.71. The molecule has 2 N–H and O–H groups in total. The van der Waals surface area contributed by atoms with Crippen LogP contribution < -0.4 is 5.32 Å². The van der Waals surface area contributed by atoms with Gasteiger partial charge in [0.25, 0.3) is 5.91 Å². The van der Waals surface area contributed by atoms with Crippen molar-refractivity contribution < 1.29 is 19.4 Å². The zero-order chi connectivity index (χ0) is 25.0. The Labute approximate surface area is 212 Å². The second-order valence-corrected chi connectivity index (χ2v) is 10.3. The van der Waals surface area contributed by atoms with Gasteiger partial charge in [-0.25, -0.2) is 9.78 Å². The zero-order valence-electron chi connectivity index (χ0n) is 19.3. The minimum Gasteiger partial charge on any atom is -0.479 e. The van der Waals surface area contributed by atoms with Gasteiger partial charge in [-0.1, -0.05) is 41.4 Å². The monoisotopic (exact) mass is 520 g/mol. The lowest BCUT2D eigenvalue weighted by Gasteiger charge is -2.17. The standard InChI is InChI=1S/C25H26Cl2N2O4S/c1-13(2)33-21(25(31)32)10-16-6-5-14(3)17(9-16)12-28-23(30)22-15(4)34-24(29-22)19-8-7-18(26)11-20(19)27/h5-9,11,13,21H,10,12H2,1-4H3,(H,28,30)(H,31,32). The first-order valence-corrected chi connectivity index (χ1v) is 12.3. The average molecular weight is 521 g/mol. The summed E-state index contributed by atoms with van der Waals surface area (Å²) in [5.74, 6) is -1.29. The lowest BCUT2D eigenvalue weighted by Crippen LogP contribution is -2.29. The van der Waals surface area contributed by atoms with Crippen LogP contribution in [0.1, 0.15) is 45.9 Å². The van der Waals surface area contributed by atoms with Gasteiger partial charge < -0.3 is 15.2 Å². The van der Waals surface area contributed by atoms with Gasteiger partial charge in [-0.05, 0) is 62.6 Å². The number of aromatic nitrogens is 1. The van der Waals surface area contributed by atoms with Crippen LogP contribution in [0.15, 0.2) is 36.4 Å². The summed E-state index contributed by atoms with van der Waals surface area (Å²) in [5, 5.41) is 14.0. The Kier molecular flexibility index (Phi) is 8.71. The van der Waals surface area contributed by atoms with Crippen LogP contribution >= 0.6 is 34.5 Å². The molecule has 0 fully saturated rings. The number of carbonyl (C=O) groups is 2. The molecule has 0 spiro atoms. The molecule has 1 heterocycles. The van der Waals surface area contributed by atoms with Crippen LogP contribution in [-0.2, 0) is 22.5 Å². The fourth-order valence-corrected chi connectivity index (χ4v) is 4.93. The summed E-state index contributed by atoms with van der Waals surface area (Å²) in [6, 6.07) is 10.9. The number of nitrogens with zero attached hydrogens (tertiary/aromatic N) is 1. The summed E-state index contributed by atoms with van der Waals surface area (Å²) >= 11 is 13.7. The number of carboxylic acid groups (broad SMARTS) is 1. The lowest BCUT2D eigenvalue weighted by atomic mass is 10.0. The van der Waals surface area contributed by atoms with E-state index in [2.05, 4.69) is 10.3 Å². The van der Waals surface area contributed by atoms with Crippen LogP contribution in [0, 0.1) is 13.8 Å². The quantitative estimate of drug-likeness (QED) is 0.356. The maximum atomic E-state index is 12.9. The van der Waals surface area contributed by atoms with E-state index in [-0.39, 0.29) is 25.0 Å². The number of aliphatic carboxylic acids is 1. The van der Waals surface area contributed by atoms with Crippen LogP contribution in [0.25, 0.3) is 10.6 Å². The van der Waals surface area contributed by atoms with Crippen molar-refractivity contribution in [3.63, 3.8) is 0 Å². The minimum absolute atomic E-state index is 0.195. The molecule has 1 atom stereocenters. The summed E-state index contributed by atoms with van der Waals surface area (Å²) in [5.41, 5.74) is 3.78. The van der Waals surface area contributed by atoms with Crippen LogP contribution in [0.3, 0.4) is 0 Å². The van der Waals surface area contributed by atoms with Crippen molar-refractivity contribution in [2.45, 2.75) is 52.9 Å². The highest BCUT2D eigenvalue weighted by Gasteiger charge is 2.21. The summed E-state index contributed by atoms with van der Waals surface area (Å²) in [6.07, 6.45) is -0.884. The molecule has 0 radical (unpaired) electrons. The Balaban J connectivity index is 1.73. The van der Waals surface area contributed by atoms with Crippen LogP contribution in [0.4, 0.5) is 0 Å². The molecule has 6 nitrogen and oxygen atoms in total. The molecule has 1 unspecified atom stereocenters. The molecule has 3 aromatic rings. The van der Waals surface area contributed by atoms with Gasteiger partial charge in [0.15, 0.2) is 6.10 Å². The molecule has 34 heavy (non-hydrogen) atoms. The van der Waals surface area contributed by atoms with E-state index in [1.165, 1.54) is 11.3 Å². The number of carboxylic acids is 1. The first kappa shape index (κ1) is 26.2. The highest BCUT2D eigenvalue weighted by Crippen LogP contribution is 2.34. The summed E-state index contributed by atoms with van der Waals surface area (Å²) in [4.78, 5) is 29.7. The minimum atomic E-state index is -1.00. The highest BCUT2D eigenvalue weighted by molar-refractivity contribution is 7.15. The molecule has 180 valence electrons. The number of hydrogen-bond acceptors (Lipinski definition) is 5. The maximum absolute atomic E-state index is 12.9. The average Bonchev–Trinajstić information content (AvgIpc) is 3.14. The Hall–Kier alpha value is -2.45. The van der Waals surface area contributed by atoms with Gasteiger partial charge in [-0.2, -0.15) is 0 Å². The topological polar surface area (TPSA) is 88.5 Å². The predicted octanol–water partition coefficient (Wildman–Crippen LogP) is 6.08. The fourth-order valence-electron chi connectivity index (χ4n) is 3.42. The van der Waals surface area contributed by atoms with Crippen LogP contribution in [0.2, 0.25) is 10.0 Å². The number of ether oxygens (including phenoxy) is 1. The van der Waals surface area contributed by atoms with Crippen molar-refractivity contribution in [1.82, 2.24) is 10.3 Å². The zero-order valence-corrected chi connectivity index (χ0v) is 21.6. The molecule has 9 heteroatoms. The van der Waals surface area contributed by atoms with Crippen molar-refractivity contribution in [1.29, 1.82) is 0 Å². The first-order chi connectivity index (χ1) is 16.0. The second kappa shape index (κ2) is 11.3. The summed E-state index contributed by atoms with van der Waals surface area (Å²) < 4.78 is 5.52. The number of amides is 1. The van der Waals surface area contributed by atoms with E-state index in [0.717, 1.165) is 27.1 Å². The maximum Gasteiger partial charge on any atom is 0.333 e. The predicted molar refractivity (Wildman–Crippen MR) is 136 cm³/mol. The van der Waals surface area contributed by atoms with E-state index in [4.69, 9.17) is 27.9 Å².